The second-order valence-corrected chi connectivity index (χ2v) is 5.48. The highest BCUT2D eigenvalue weighted by Gasteiger charge is 2.31. The molecule has 1 aliphatic heterocycles. The van der Waals surface area contributed by atoms with Gasteiger partial charge in [-0.1, -0.05) is 6.07 Å². The van der Waals surface area contributed by atoms with E-state index in [1.165, 1.54) is 0 Å². The molecule has 1 heterocycles. The molecule has 2 amide bonds. The zero-order valence-corrected chi connectivity index (χ0v) is 13.9. The van der Waals surface area contributed by atoms with Crippen molar-refractivity contribution in [3.63, 3.8) is 0 Å². The molecule has 0 bridgehead atoms. The summed E-state index contributed by atoms with van der Waals surface area (Å²) in [5, 5.41) is 2.79. The van der Waals surface area contributed by atoms with Crippen molar-refractivity contribution in [2.45, 2.75) is 32.2 Å². The first-order valence-electron chi connectivity index (χ1n) is 7.93. The Labute approximate surface area is 140 Å². The van der Waals surface area contributed by atoms with Gasteiger partial charge >= 0.3 is 5.97 Å². The molecule has 0 spiro atoms. The van der Waals surface area contributed by atoms with E-state index in [9.17, 15) is 14.4 Å². The van der Waals surface area contributed by atoms with E-state index in [-0.39, 0.29) is 37.1 Å². The minimum atomic E-state index is -0.395. The summed E-state index contributed by atoms with van der Waals surface area (Å²) in [7, 11) is 1.57. The van der Waals surface area contributed by atoms with Gasteiger partial charge in [-0.05, 0) is 19.1 Å². The SMILES string of the molecule is CCOC(=O)CCC(=O)N[C@H]1CC(=O)N(c2cccc(OC)c2)C1. The number of hydrogen-bond donors (Lipinski definition) is 1. The van der Waals surface area contributed by atoms with E-state index in [2.05, 4.69) is 5.32 Å². The van der Waals surface area contributed by atoms with Crippen LogP contribution in [-0.4, -0.2) is 44.1 Å². The first-order valence-corrected chi connectivity index (χ1v) is 7.93. The molecule has 130 valence electrons. The number of nitrogens with zero attached hydrogens (tertiary/aromatic N) is 1. The molecule has 24 heavy (non-hydrogen) atoms. The minimum absolute atomic E-state index is 0.0416. The number of ether oxygens (including phenoxy) is 2. The Morgan fingerprint density at radius 1 is 1.33 bits per heavy atom. The summed E-state index contributed by atoms with van der Waals surface area (Å²) < 4.78 is 9.95. The molecule has 0 radical (unpaired) electrons. The van der Waals surface area contributed by atoms with Gasteiger partial charge in [0, 0.05) is 31.1 Å². The van der Waals surface area contributed by atoms with Gasteiger partial charge in [0.15, 0.2) is 0 Å². The largest absolute Gasteiger partial charge is 0.497 e. The van der Waals surface area contributed by atoms with Crippen LogP contribution in [0, 0.1) is 0 Å². The molecule has 0 saturated carbocycles. The van der Waals surface area contributed by atoms with Gasteiger partial charge in [-0.3, -0.25) is 14.4 Å². The Morgan fingerprint density at radius 3 is 2.83 bits per heavy atom. The second-order valence-electron chi connectivity index (χ2n) is 5.48. The number of methoxy groups -OCH3 is 1. The highest BCUT2D eigenvalue weighted by molar-refractivity contribution is 5.97. The zero-order valence-electron chi connectivity index (χ0n) is 13.9. The molecular formula is C17H22N2O5. The van der Waals surface area contributed by atoms with Gasteiger partial charge in [-0.2, -0.15) is 0 Å². The van der Waals surface area contributed by atoms with E-state index in [1.54, 1.807) is 31.1 Å². The predicted molar refractivity (Wildman–Crippen MR) is 87.8 cm³/mol. The van der Waals surface area contributed by atoms with Crippen molar-refractivity contribution >= 4 is 23.5 Å². The number of nitrogens with one attached hydrogen (secondary N) is 1. The lowest BCUT2D eigenvalue weighted by atomic mass is 10.2. The molecule has 1 fully saturated rings. The summed E-state index contributed by atoms with van der Waals surface area (Å²) in [5.41, 5.74) is 0.739. The molecule has 0 aliphatic carbocycles. The van der Waals surface area contributed by atoms with E-state index in [0.29, 0.717) is 18.9 Å². The van der Waals surface area contributed by atoms with Crippen molar-refractivity contribution < 1.29 is 23.9 Å². The quantitative estimate of drug-likeness (QED) is 0.759. The molecule has 1 aliphatic rings. The lowest BCUT2D eigenvalue weighted by Crippen LogP contribution is -2.37. The number of anilines is 1. The summed E-state index contributed by atoms with van der Waals surface area (Å²) in [6.45, 7) is 2.42. The van der Waals surface area contributed by atoms with Gasteiger partial charge in [-0.25, -0.2) is 0 Å². The van der Waals surface area contributed by atoms with Gasteiger partial charge in [0.25, 0.3) is 0 Å². The monoisotopic (exact) mass is 334 g/mol. The number of rotatable bonds is 7. The smallest absolute Gasteiger partial charge is 0.306 e. The number of hydrogen-bond acceptors (Lipinski definition) is 5. The Hall–Kier alpha value is -2.57. The minimum Gasteiger partial charge on any atom is -0.497 e. The maximum Gasteiger partial charge on any atom is 0.306 e. The van der Waals surface area contributed by atoms with Crippen LogP contribution < -0.4 is 15.0 Å². The molecule has 1 saturated heterocycles. The summed E-state index contributed by atoms with van der Waals surface area (Å²) in [6.07, 6.45) is 0.338. The summed E-state index contributed by atoms with van der Waals surface area (Å²) >= 11 is 0. The van der Waals surface area contributed by atoms with Crippen molar-refractivity contribution in [3.8, 4) is 5.75 Å². The fourth-order valence-corrected chi connectivity index (χ4v) is 2.58. The molecule has 1 aromatic rings. The van der Waals surface area contributed by atoms with Crippen LogP contribution in [0.1, 0.15) is 26.2 Å². The molecule has 0 unspecified atom stereocenters. The first-order chi connectivity index (χ1) is 11.5. The summed E-state index contributed by atoms with van der Waals surface area (Å²) in [4.78, 5) is 36.9. The number of esters is 1. The average molecular weight is 334 g/mol. The third-order valence-electron chi connectivity index (χ3n) is 3.72. The lowest BCUT2D eigenvalue weighted by molar-refractivity contribution is -0.144. The fraction of sp³-hybridized carbons (Fsp3) is 0.471. The first kappa shape index (κ1) is 17.8. The molecule has 1 aromatic carbocycles. The van der Waals surface area contributed by atoms with Crippen LogP contribution in [-0.2, 0) is 19.1 Å². The van der Waals surface area contributed by atoms with Gasteiger partial charge in [0.1, 0.15) is 5.75 Å². The van der Waals surface area contributed by atoms with E-state index < -0.39 is 5.97 Å². The Balaban J connectivity index is 1.87. The molecular weight excluding hydrogens is 312 g/mol. The molecule has 1 atom stereocenters. The highest BCUT2D eigenvalue weighted by Crippen LogP contribution is 2.25. The Kier molecular flexibility index (Phi) is 6.17. The van der Waals surface area contributed by atoms with Crippen LogP contribution in [0.4, 0.5) is 5.69 Å². The third-order valence-corrected chi connectivity index (χ3v) is 3.72. The number of amides is 2. The van der Waals surface area contributed by atoms with Crippen molar-refractivity contribution in [2.24, 2.45) is 0 Å². The lowest BCUT2D eigenvalue weighted by Gasteiger charge is -2.18. The second kappa shape index (κ2) is 8.33. The standard InChI is InChI=1S/C17H22N2O5/c1-3-24-17(22)8-7-15(20)18-12-9-16(21)19(11-12)13-5-4-6-14(10-13)23-2/h4-6,10,12H,3,7-9,11H2,1-2H3,(H,18,20)/t12-/m0/s1. The number of benzene rings is 1. The van der Waals surface area contributed by atoms with Crippen LogP contribution in [0.5, 0.6) is 5.75 Å². The van der Waals surface area contributed by atoms with E-state index in [1.807, 2.05) is 12.1 Å². The van der Waals surface area contributed by atoms with Gasteiger partial charge in [0.05, 0.1) is 26.2 Å². The highest BCUT2D eigenvalue weighted by atomic mass is 16.5. The topological polar surface area (TPSA) is 84.9 Å². The average Bonchev–Trinajstić information content (AvgIpc) is 2.93. The fourth-order valence-electron chi connectivity index (χ4n) is 2.58. The third kappa shape index (κ3) is 4.71. The molecule has 7 nitrogen and oxygen atoms in total. The Morgan fingerprint density at radius 2 is 2.12 bits per heavy atom. The zero-order chi connectivity index (χ0) is 17.5. The van der Waals surface area contributed by atoms with Gasteiger partial charge in [0.2, 0.25) is 11.8 Å². The van der Waals surface area contributed by atoms with Crippen molar-refractivity contribution in [1.82, 2.24) is 5.32 Å². The molecule has 7 heteroatoms. The van der Waals surface area contributed by atoms with Crippen LogP contribution >= 0.6 is 0 Å². The summed E-state index contributed by atoms with van der Waals surface area (Å²) in [6, 6.07) is 6.96. The van der Waals surface area contributed by atoms with E-state index in [0.717, 1.165) is 5.69 Å². The Bertz CT molecular complexity index is 617. The van der Waals surface area contributed by atoms with Crippen molar-refractivity contribution in [2.75, 3.05) is 25.2 Å². The number of carbonyl (C=O) groups excluding carboxylic acids is 3. The molecule has 1 N–H and O–H groups in total. The van der Waals surface area contributed by atoms with Crippen LogP contribution in [0.25, 0.3) is 0 Å². The van der Waals surface area contributed by atoms with E-state index in [4.69, 9.17) is 9.47 Å². The van der Waals surface area contributed by atoms with Crippen molar-refractivity contribution in [3.05, 3.63) is 24.3 Å². The van der Waals surface area contributed by atoms with E-state index >= 15 is 0 Å². The molecule has 0 aromatic heterocycles. The van der Waals surface area contributed by atoms with Gasteiger partial charge < -0.3 is 19.7 Å². The van der Waals surface area contributed by atoms with Crippen LogP contribution in [0.3, 0.4) is 0 Å². The van der Waals surface area contributed by atoms with Gasteiger partial charge in [-0.15, -0.1) is 0 Å². The molecule has 2 rings (SSSR count). The van der Waals surface area contributed by atoms with Crippen LogP contribution in [0.2, 0.25) is 0 Å². The van der Waals surface area contributed by atoms with Crippen molar-refractivity contribution in [1.29, 1.82) is 0 Å². The maximum atomic E-state index is 12.2. The number of carbonyl (C=O) groups is 3. The summed E-state index contributed by atoms with van der Waals surface area (Å²) in [5.74, 6) is -0.0392. The maximum absolute atomic E-state index is 12.2. The van der Waals surface area contributed by atoms with Crippen LogP contribution in [0.15, 0.2) is 24.3 Å². The normalized spacial score (nSPS) is 16.8. The predicted octanol–water partition coefficient (Wildman–Crippen LogP) is 1.26.